The first-order chi connectivity index (χ1) is 9.33. The topological polar surface area (TPSA) is 36.9 Å². The van der Waals surface area contributed by atoms with E-state index in [1.807, 2.05) is 12.1 Å². The van der Waals surface area contributed by atoms with E-state index < -0.39 is 0 Å². The van der Waals surface area contributed by atoms with Crippen molar-refractivity contribution in [3.8, 4) is 6.07 Å². The number of hydrogen-bond donors (Lipinski definition) is 0. The van der Waals surface area contributed by atoms with Crippen molar-refractivity contribution in [3.63, 3.8) is 0 Å². The fourth-order valence-corrected chi connectivity index (χ4v) is 5.54. The van der Waals surface area contributed by atoms with Crippen LogP contribution in [0.2, 0.25) is 0 Å². The summed E-state index contributed by atoms with van der Waals surface area (Å²) in [5.74, 6) is 5.43. The molecule has 2 heteroatoms. The van der Waals surface area contributed by atoms with Crippen LogP contribution in [0.4, 0.5) is 0 Å². The Morgan fingerprint density at radius 2 is 1.84 bits per heavy atom. The summed E-state index contributed by atoms with van der Waals surface area (Å²) in [5.41, 5.74) is 0. The first kappa shape index (κ1) is 11.6. The summed E-state index contributed by atoms with van der Waals surface area (Å²) in [7, 11) is 0. The number of nitriles is 1. The van der Waals surface area contributed by atoms with Gasteiger partial charge in [-0.15, -0.1) is 0 Å². The van der Waals surface area contributed by atoms with Crippen LogP contribution in [0.15, 0.2) is 22.8 Å². The average Bonchev–Trinajstić information content (AvgIpc) is 2.89. The lowest BCUT2D eigenvalue weighted by Gasteiger charge is -2.55. The van der Waals surface area contributed by atoms with E-state index in [0.29, 0.717) is 5.92 Å². The van der Waals surface area contributed by atoms with Gasteiger partial charge in [0.25, 0.3) is 0 Å². The van der Waals surface area contributed by atoms with E-state index in [1.54, 1.807) is 6.26 Å². The lowest BCUT2D eigenvalue weighted by Crippen LogP contribution is -2.47. The van der Waals surface area contributed by atoms with Gasteiger partial charge in [-0.05, 0) is 73.8 Å². The molecule has 0 N–H and O–H groups in total. The summed E-state index contributed by atoms with van der Waals surface area (Å²) in [4.78, 5) is 0. The van der Waals surface area contributed by atoms with E-state index in [1.165, 1.54) is 32.1 Å². The molecule has 0 aromatic carbocycles. The molecular formula is C17H21NO. The van der Waals surface area contributed by atoms with E-state index in [9.17, 15) is 5.26 Å². The van der Waals surface area contributed by atoms with Crippen molar-refractivity contribution >= 4 is 0 Å². The first-order valence-electron chi connectivity index (χ1n) is 7.75. The lowest BCUT2D eigenvalue weighted by atomic mass is 9.49. The molecule has 4 aliphatic carbocycles. The molecule has 4 aliphatic rings. The van der Waals surface area contributed by atoms with Gasteiger partial charge in [0.15, 0.2) is 0 Å². The van der Waals surface area contributed by atoms with Crippen molar-refractivity contribution < 1.29 is 4.42 Å². The predicted octanol–water partition coefficient (Wildman–Crippen LogP) is 4.03. The van der Waals surface area contributed by atoms with Crippen LogP contribution in [0.25, 0.3) is 0 Å². The normalized spacial score (nSPS) is 41.1. The smallest absolute Gasteiger partial charge is 0.105 e. The molecule has 100 valence electrons. The van der Waals surface area contributed by atoms with Crippen LogP contribution in [-0.4, -0.2) is 0 Å². The fourth-order valence-electron chi connectivity index (χ4n) is 5.54. The van der Waals surface area contributed by atoms with Crippen LogP contribution in [0.3, 0.4) is 0 Å². The van der Waals surface area contributed by atoms with Crippen LogP contribution in [-0.2, 0) is 6.42 Å². The van der Waals surface area contributed by atoms with Crippen molar-refractivity contribution in [2.24, 2.45) is 35.5 Å². The zero-order valence-electron chi connectivity index (χ0n) is 11.3. The monoisotopic (exact) mass is 255 g/mol. The quantitative estimate of drug-likeness (QED) is 0.817. The lowest BCUT2D eigenvalue weighted by molar-refractivity contribution is -0.0526. The van der Waals surface area contributed by atoms with E-state index >= 15 is 0 Å². The molecule has 1 aromatic heterocycles. The van der Waals surface area contributed by atoms with Crippen molar-refractivity contribution in [1.82, 2.24) is 0 Å². The molecular weight excluding hydrogens is 234 g/mol. The van der Waals surface area contributed by atoms with Gasteiger partial charge < -0.3 is 4.42 Å². The largest absolute Gasteiger partial charge is 0.469 e. The highest BCUT2D eigenvalue weighted by Gasteiger charge is 2.50. The Morgan fingerprint density at radius 1 is 1.16 bits per heavy atom. The number of furan rings is 1. The first-order valence-corrected chi connectivity index (χ1v) is 7.75. The van der Waals surface area contributed by atoms with Crippen LogP contribution in [0.1, 0.15) is 37.9 Å². The zero-order chi connectivity index (χ0) is 12.8. The molecule has 19 heavy (non-hydrogen) atoms. The maximum atomic E-state index is 9.62. The third-order valence-corrected chi connectivity index (χ3v) is 5.93. The highest BCUT2D eigenvalue weighted by molar-refractivity contribution is 5.09. The minimum Gasteiger partial charge on any atom is -0.469 e. The number of rotatable bonds is 3. The molecule has 1 aromatic rings. The molecule has 1 unspecified atom stereocenters. The van der Waals surface area contributed by atoms with Crippen molar-refractivity contribution in [3.05, 3.63) is 24.2 Å². The van der Waals surface area contributed by atoms with Crippen LogP contribution in [0, 0.1) is 46.8 Å². The van der Waals surface area contributed by atoms with E-state index in [-0.39, 0.29) is 5.92 Å². The van der Waals surface area contributed by atoms with Gasteiger partial charge in [-0.3, -0.25) is 0 Å². The Labute approximate surface area is 114 Å². The summed E-state index contributed by atoms with van der Waals surface area (Å²) in [6.07, 6.45) is 9.61. The maximum absolute atomic E-state index is 9.62. The summed E-state index contributed by atoms with van der Waals surface area (Å²) in [5, 5.41) is 9.62. The third-order valence-electron chi connectivity index (χ3n) is 5.93. The van der Waals surface area contributed by atoms with Crippen LogP contribution < -0.4 is 0 Å². The van der Waals surface area contributed by atoms with Gasteiger partial charge in [-0.25, -0.2) is 0 Å². The van der Waals surface area contributed by atoms with Gasteiger partial charge in [-0.1, -0.05) is 0 Å². The molecule has 5 rings (SSSR count). The minimum atomic E-state index is 0.168. The van der Waals surface area contributed by atoms with E-state index in [4.69, 9.17) is 4.42 Å². The summed E-state index contributed by atoms with van der Waals surface area (Å²) in [6, 6.07) is 6.55. The highest BCUT2D eigenvalue weighted by Crippen LogP contribution is 2.58. The third kappa shape index (κ3) is 1.91. The Hall–Kier alpha value is -1.23. The highest BCUT2D eigenvalue weighted by atomic mass is 16.3. The molecule has 0 aliphatic heterocycles. The molecule has 0 saturated heterocycles. The van der Waals surface area contributed by atoms with E-state index in [0.717, 1.165) is 35.9 Å². The van der Waals surface area contributed by atoms with Gasteiger partial charge in [0.1, 0.15) is 5.76 Å². The molecule has 2 nitrogen and oxygen atoms in total. The van der Waals surface area contributed by atoms with Crippen LogP contribution >= 0.6 is 0 Å². The second-order valence-electron chi connectivity index (χ2n) is 7.03. The van der Waals surface area contributed by atoms with Crippen molar-refractivity contribution in [2.45, 2.75) is 38.5 Å². The Kier molecular flexibility index (Phi) is 2.69. The van der Waals surface area contributed by atoms with Gasteiger partial charge in [0.2, 0.25) is 0 Å². The SMILES string of the molecule is N#CC(Cc1ccco1)C1C2CC3CC(C2)CC1C3. The molecule has 1 atom stereocenters. The summed E-state index contributed by atoms with van der Waals surface area (Å²) >= 11 is 0. The molecule has 0 radical (unpaired) electrons. The fraction of sp³-hybridized carbons (Fsp3) is 0.706. The average molecular weight is 255 g/mol. The number of nitrogens with zero attached hydrogens (tertiary/aromatic N) is 1. The second kappa shape index (κ2) is 4.40. The van der Waals surface area contributed by atoms with Gasteiger partial charge in [0, 0.05) is 6.42 Å². The molecule has 1 heterocycles. The molecule has 4 bridgehead atoms. The predicted molar refractivity (Wildman–Crippen MR) is 72.1 cm³/mol. The molecule has 0 amide bonds. The van der Waals surface area contributed by atoms with Crippen molar-refractivity contribution in [2.75, 3.05) is 0 Å². The van der Waals surface area contributed by atoms with Gasteiger partial charge in [0.05, 0.1) is 18.3 Å². The Balaban J connectivity index is 1.55. The molecule has 0 spiro atoms. The molecule has 4 fully saturated rings. The number of hydrogen-bond acceptors (Lipinski definition) is 2. The second-order valence-corrected chi connectivity index (χ2v) is 7.03. The minimum absolute atomic E-state index is 0.168. The maximum Gasteiger partial charge on any atom is 0.105 e. The molecule has 4 saturated carbocycles. The standard InChI is InChI=1S/C17H21NO/c18-10-15(9-16-2-1-3-19-16)17-13-5-11-4-12(7-13)8-14(17)6-11/h1-3,11-15,17H,4-9H2. The van der Waals surface area contributed by atoms with E-state index in [2.05, 4.69) is 6.07 Å². The van der Waals surface area contributed by atoms with Gasteiger partial charge in [-0.2, -0.15) is 5.26 Å². The Bertz CT molecular complexity index is 456. The van der Waals surface area contributed by atoms with Gasteiger partial charge >= 0.3 is 0 Å². The van der Waals surface area contributed by atoms with Crippen LogP contribution in [0.5, 0.6) is 0 Å². The van der Waals surface area contributed by atoms with Crippen molar-refractivity contribution in [1.29, 1.82) is 5.26 Å². The summed E-state index contributed by atoms with van der Waals surface area (Å²) < 4.78 is 5.46. The Morgan fingerprint density at radius 3 is 2.37 bits per heavy atom. The summed E-state index contributed by atoms with van der Waals surface area (Å²) in [6.45, 7) is 0. The zero-order valence-corrected chi connectivity index (χ0v) is 11.3.